The SMILES string of the molecule is CNC(=O)CN1CCC(Nc2nc3ccccc3s2)CC1. The minimum absolute atomic E-state index is 0.0904. The molecule has 0 spiro atoms. The minimum Gasteiger partial charge on any atom is -0.359 e. The van der Waals surface area contributed by atoms with Gasteiger partial charge < -0.3 is 10.6 Å². The first-order valence-corrected chi connectivity index (χ1v) is 8.11. The second-order valence-corrected chi connectivity index (χ2v) is 6.39. The van der Waals surface area contributed by atoms with Crippen molar-refractivity contribution in [3.63, 3.8) is 0 Å². The lowest BCUT2D eigenvalue weighted by atomic mass is 10.1. The van der Waals surface area contributed by atoms with Crippen LogP contribution in [0, 0.1) is 0 Å². The van der Waals surface area contributed by atoms with Gasteiger partial charge in [-0.3, -0.25) is 9.69 Å². The van der Waals surface area contributed by atoms with Crippen molar-refractivity contribution < 1.29 is 4.79 Å². The zero-order valence-corrected chi connectivity index (χ0v) is 12.9. The van der Waals surface area contributed by atoms with Gasteiger partial charge in [0.1, 0.15) is 0 Å². The monoisotopic (exact) mass is 304 g/mol. The summed E-state index contributed by atoms with van der Waals surface area (Å²) in [6, 6.07) is 8.66. The van der Waals surface area contributed by atoms with E-state index in [-0.39, 0.29) is 5.91 Å². The van der Waals surface area contributed by atoms with Crippen LogP contribution < -0.4 is 10.6 Å². The van der Waals surface area contributed by atoms with E-state index in [1.807, 2.05) is 18.2 Å². The van der Waals surface area contributed by atoms with E-state index in [4.69, 9.17) is 0 Å². The van der Waals surface area contributed by atoms with Gasteiger partial charge in [-0.1, -0.05) is 23.5 Å². The quantitative estimate of drug-likeness (QED) is 0.906. The lowest BCUT2D eigenvalue weighted by molar-refractivity contribution is -0.122. The first-order valence-electron chi connectivity index (χ1n) is 7.29. The van der Waals surface area contributed by atoms with Gasteiger partial charge in [0.15, 0.2) is 5.13 Å². The van der Waals surface area contributed by atoms with Crippen molar-refractivity contribution in [3.8, 4) is 0 Å². The average Bonchev–Trinajstić information content (AvgIpc) is 2.91. The van der Waals surface area contributed by atoms with Gasteiger partial charge in [-0.25, -0.2) is 4.98 Å². The Kier molecular flexibility index (Phi) is 4.36. The van der Waals surface area contributed by atoms with Crippen molar-refractivity contribution in [2.24, 2.45) is 0 Å². The van der Waals surface area contributed by atoms with Gasteiger partial charge in [-0.2, -0.15) is 0 Å². The molecular weight excluding hydrogens is 284 g/mol. The normalized spacial score (nSPS) is 17.0. The number of aromatic nitrogens is 1. The van der Waals surface area contributed by atoms with Gasteiger partial charge >= 0.3 is 0 Å². The molecule has 0 aliphatic carbocycles. The molecule has 1 saturated heterocycles. The zero-order chi connectivity index (χ0) is 14.7. The van der Waals surface area contributed by atoms with Crippen molar-refractivity contribution in [1.82, 2.24) is 15.2 Å². The van der Waals surface area contributed by atoms with Gasteiger partial charge in [0.05, 0.1) is 16.8 Å². The van der Waals surface area contributed by atoms with E-state index >= 15 is 0 Å². The maximum absolute atomic E-state index is 11.4. The first kappa shape index (κ1) is 14.3. The average molecular weight is 304 g/mol. The molecule has 1 amide bonds. The molecule has 3 rings (SSSR count). The van der Waals surface area contributed by atoms with Gasteiger partial charge in [-0.15, -0.1) is 0 Å². The summed E-state index contributed by atoms with van der Waals surface area (Å²) in [5, 5.41) is 7.21. The highest BCUT2D eigenvalue weighted by Crippen LogP contribution is 2.27. The summed E-state index contributed by atoms with van der Waals surface area (Å²) in [5.74, 6) is 0.0904. The first-order chi connectivity index (χ1) is 10.2. The molecular formula is C15H20N4OS. The Hall–Kier alpha value is -1.66. The van der Waals surface area contributed by atoms with Crippen molar-refractivity contribution in [3.05, 3.63) is 24.3 Å². The maximum atomic E-state index is 11.4. The number of rotatable bonds is 4. The van der Waals surface area contributed by atoms with E-state index in [2.05, 4.69) is 26.6 Å². The number of likely N-dealkylation sites (N-methyl/N-ethyl adjacent to an activating group) is 1. The van der Waals surface area contributed by atoms with Gasteiger partial charge in [0.2, 0.25) is 5.91 Å². The summed E-state index contributed by atoms with van der Waals surface area (Å²) < 4.78 is 1.22. The molecule has 0 unspecified atom stereocenters. The fourth-order valence-corrected chi connectivity index (χ4v) is 3.57. The number of carbonyl (C=O) groups excluding carboxylic acids is 1. The number of likely N-dealkylation sites (tertiary alicyclic amines) is 1. The number of piperidine rings is 1. The molecule has 2 N–H and O–H groups in total. The summed E-state index contributed by atoms with van der Waals surface area (Å²) in [6.07, 6.45) is 2.10. The fraction of sp³-hybridized carbons (Fsp3) is 0.467. The predicted molar refractivity (Wildman–Crippen MR) is 86.8 cm³/mol. The maximum Gasteiger partial charge on any atom is 0.233 e. The molecule has 1 aliphatic rings. The zero-order valence-electron chi connectivity index (χ0n) is 12.1. The van der Waals surface area contributed by atoms with Crippen LogP contribution in [0.2, 0.25) is 0 Å². The number of nitrogens with one attached hydrogen (secondary N) is 2. The third-order valence-electron chi connectivity index (χ3n) is 3.86. The highest BCUT2D eigenvalue weighted by molar-refractivity contribution is 7.22. The van der Waals surface area contributed by atoms with Crippen LogP contribution in [0.25, 0.3) is 10.2 Å². The molecule has 1 aliphatic heterocycles. The number of anilines is 1. The molecule has 0 atom stereocenters. The topological polar surface area (TPSA) is 57.3 Å². The van der Waals surface area contributed by atoms with Crippen LogP contribution in [0.3, 0.4) is 0 Å². The van der Waals surface area contributed by atoms with Crippen molar-refractivity contribution in [1.29, 1.82) is 0 Å². The molecule has 21 heavy (non-hydrogen) atoms. The lowest BCUT2D eigenvalue weighted by Crippen LogP contribution is -2.43. The van der Waals surface area contributed by atoms with Crippen LogP contribution in [-0.4, -0.2) is 48.5 Å². The molecule has 2 heterocycles. The summed E-state index contributed by atoms with van der Waals surface area (Å²) in [5.41, 5.74) is 1.06. The molecule has 0 bridgehead atoms. The summed E-state index contributed by atoms with van der Waals surface area (Å²) in [7, 11) is 1.68. The fourth-order valence-electron chi connectivity index (χ4n) is 2.63. The Morgan fingerprint density at radius 3 is 2.86 bits per heavy atom. The summed E-state index contributed by atoms with van der Waals surface area (Å²) in [4.78, 5) is 18.2. The van der Waals surface area contributed by atoms with Crippen LogP contribution in [-0.2, 0) is 4.79 Å². The van der Waals surface area contributed by atoms with E-state index in [1.165, 1.54) is 4.70 Å². The van der Waals surface area contributed by atoms with E-state index in [0.717, 1.165) is 36.6 Å². The number of hydrogen-bond donors (Lipinski definition) is 2. The van der Waals surface area contributed by atoms with Crippen LogP contribution in [0.5, 0.6) is 0 Å². The van der Waals surface area contributed by atoms with Crippen LogP contribution >= 0.6 is 11.3 Å². The summed E-state index contributed by atoms with van der Waals surface area (Å²) in [6.45, 7) is 2.41. The number of amides is 1. The number of fused-ring (bicyclic) bond motifs is 1. The van der Waals surface area contributed by atoms with E-state index in [9.17, 15) is 4.79 Å². The van der Waals surface area contributed by atoms with E-state index in [0.29, 0.717) is 12.6 Å². The Morgan fingerprint density at radius 2 is 2.14 bits per heavy atom. The van der Waals surface area contributed by atoms with Gasteiger partial charge in [-0.05, 0) is 25.0 Å². The van der Waals surface area contributed by atoms with Crippen LogP contribution in [0.1, 0.15) is 12.8 Å². The smallest absolute Gasteiger partial charge is 0.233 e. The molecule has 1 aromatic carbocycles. The molecule has 2 aromatic rings. The number of carbonyl (C=O) groups is 1. The van der Waals surface area contributed by atoms with Crippen molar-refractivity contribution >= 4 is 32.6 Å². The van der Waals surface area contributed by atoms with E-state index < -0.39 is 0 Å². The highest BCUT2D eigenvalue weighted by atomic mass is 32.1. The molecule has 5 nitrogen and oxygen atoms in total. The van der Waals surface area contributed by atoms with E-state index in [1.54, 1.807) is 18.4 Å². The van der Waals surface area contributed by atoms with Crippen LogP contribution in [0.15, 0.2) is 24.3 Å². The standard InChI is InChI=1S/C15H20N4OS/c1-16-14(20)10-19-8-6-11(7-9-19)17-15-18-12-4-2-3-5-13(12)21-15/h2-5,11H,6-10H2,1H3,(H,16,20)(H,17,18). The second kappa shape index (κ2) is 6.41. The number of hydrogen-bond acceptors (Lipinski definition) is 5. The Balaban J connectivity index is 1.54. The van der Waals surface area contributed by atoms with Crippen molar-refractivity contribution in [2.75, 3.05) is 32.0 Å². The van der Waals surface area contributed by atoms with Crippen LogP contribution in [0.4, 0.5) is 5.13 Å². The number of nitrogens with zero attached hydrogens (tertiary/aromatic N) is 2. The Bertz CT molecular complexity index is 586. The van der Waals surface area contributed by atoms with Crippen molar-refractivity contribution in [2.45, 2.75) is 18.9 Å². The Morgan fingerprint density at radius 1 is 1.38 bits per heavy atom. The second-order valence-electron chi connectivity index (χ2n) is 5.35. The number of para-hydroxylation sites is 1. The molecule has 0 saturated carbocycles. The summed E-state index contributed by atoms with van der Waals surface area (Å²) >= 11 is 1.71. The molecule has 1 aromatic heterocycles. The largest absolute Gasteiger partial charge is 0.359 e. The van der Waals surface area contributed by atoms with Gasteiger partial charge in [0, 0.05) is 26.2 Å². The molecule has 0 radical (unpaired) electrons. The molecule has 1 fully saturated rings. The molecule has 6 heteroatoms. The Labute approximate surface area is 128 Å². The third kappa shape index (κ3) is 3.51. The number of thiazole rings is 1. The number of benzene rings is 1. The van der Waals surface area contributed by atoms with Gasteiger partial charge in [0.25, 0.3) is 0 Å². The third-order valence-corrected chi connectivity index (χ3v) is 4.82. The lowest BCUT2D eigenvalue weighted by Gasteiger charge is -2.31. The minimum atomic E-state index is 0.0904. The highest BCUT2D eigenvalue weighted by Gasteiger charge is 2.21. The predicted octanol–water partition coefficient (Wildman–Crippen LogP) is 1.92. The molecule has 112 valence electrons.